The molecule has 0 aromatic carbocycles. The van der Waals surface area contributed by atoms with E-state index in [-0.39, 0.29) is 6.54 Å². The van der Waals surface area contributed by atoms with Gasteiger partial charge in [0.25, 0.3) is 6.43 Å². The molecule has 1 aromatic rings. The van der Waals surface area contributed by atoms with Crippen LogP contribution in [0.2, 0.25) is 0 Å². The first-order chi connectivity index (χ1) is 8.61. The van der Waals surface area contributed by atoms with Gasteiger partial charge in [0.15, 0.2) is 5.13 Å². The van der Waals surface area contributed by atoms with Crippen LogP contribution in [0, 0.1) is 0 Å². The number of nitrogens with zero attached hydrogens (tertiary/aromatic N) is 2. The van der Waals surface area contributed by atoms with Gasteiger partial charge in [-0.25, -0.2) is 13.8 Å². The Morgan fingerprint density at radius 3 is 3.00 bits per heavy atom. The average molecular weight is 275 g/mol. The van der Waals surface area contributed by atoms with E-state index in [1.54, 1.807) is 23.3 Å². The summed E-state index contributed by atoms with van der Waals surface area (Å²) in [6.45, 7) is 2.73. The fourth-order valence-corrected chi connectivity index (χ4v) is 3.43. The van der Waals surface area contributed by atoms with Crippen LogP contribution in [0.25, 0.3) is 0 Å². The van der Waals surface area contributed by atoms with Crippen LogP contribution >= 0.6 is 11.3 Å². The summed E-state index contributed by atoms with van der Waals surface area (Å²) in [5, 5.41) is 4.12. The average Bonchev–Trinajstić information content (AvgIpc) is 2.73. The quantitative estimate of drug-likeness (QED) is 0.895. The van der Waals surface area contributed by atoms with Crippen molar-refractivity contribution in [2.75, 3.05) is 25.0 Å². The first kappa shape index (κ1) is 13.7. The molecule has 0 bridgehead atoms. The number of aromatic nitrogens is 1. The van der Waals surface area contributed by atoms with Gasteiger partial charge in [0, 0.05) is 11.9 Å². The van der Waals surface area contributed by atoms with Gasteiger partial charge >= 0.3 is 0 Å². The van der Waals surface area contributed by atoms with E-state index >= 15 is 0 Å². The summed E-state index contributed by atoms with van der Waals surface area (Å²) < 4.78 is 24.7. The maximum atomic E-state index is 12.4. The van der Waals surface area contributed by atoms with Gasteiger partial charge in [-0.15, -0.1) is 11.3 Å². The van der Waals surface area contributed by atoms with Gasteiger partial charge in [-0.1, -0.05) is 6.92 Å². The van der Waals surface area contributed by atoms with E-state index in [9.17, 15) is 8.78 Å². The number of thiazole rings is 1. The molecule has 1 unspecified atom stereocenters. The van der Waals surface area contributed by atoms with Crippen LogP contribution in [0.3, 0.4) is 0 Å². The zero-order valence-electron chi connectivity index (χ0n) is 10.7. The summed E-state index contributed by atoms with van der Waals surface area (Å²) in [5.74, 6) is 0. The maximum absolute atomic E-state index is 12.4. The van der Waals surface area contributed by atoms with Gasteiger partial charge in [0.05, 0.1) is 18.3 Å². The Bertz CT molecular complexity index is 395. The van der Waals surface area contributed by atoms with Gasteiger partial charge < -0.3 is 10.2 Å². The van der Waals surface area contributed by atoms with E-state index in [0.717, 1.165) is 31.5 Å². The molecule has 0 saturated heterocycles. The lowest BCUT2D eigenvalue weighted by Crippen LogP contribution is -2.25. The molecule has 3 nitrogen and oxygen atoms in total. The third-order valence-corrected chi connectivity index (χ3v) is 4.38. The molecule has 0 fully saturated rings. The minimum absolute atomic E-state index is 0.252. The third kappa shape index (κ3) is 2.98. The molecule has 6 heteroatoms. The van der Waals surface area contributed by atoms with Crippen molar-refractivity contribution in [3.8, 4) is 0 Å². The first-order valence-electron chi connectivity index (χ1n) is 6.34. The lowest BCUT2D eigenvalue weighted by Gasteiger charge is -2.21. The second-order valence-corrected chi connectivity index (χ2v) is 5.64. The summed E-state index contributed by atoms with van der Waals surface area (Å²) in [5.41, 5.74) is 1.07. The molecule has 0 aliphatic heterocycles. The minimum Gasteiger partial charge on any atom is -0.345 e. The van der Waals surface area contributed by atoms with Gasteiger partial charge in [-0.3, -0.25) is 0 Å². The molecule has 1 aromatic heterocycles. The molecular formula is C12H19F2N3S. The highest BCUT2D eigenvalue weighted by Gasteiger charge is 2.25. The molecule has 1 aliphatic rings. The van der Waals surface area contributed by atoms with Crippen molar-refractivity contribution in [3.63, 3.8) is 0 Å². The van der Waals surface area contributed by atoms with Crippen LogP contribution in [-0.2, 0) is 6.42 Å². The molecule has 0 spiro atoms. The Hall–Kier alpha value is -0.750. The Morgan fingerprint density at radius 2 is 2.33 bits per heavy atom. The third-order valence-electron chi connectivity index (χ3n) is 3.13. The number of halogens is 2. The number of nitrogens with one attached hydrogen (secondary N) is 1. The highest BCUT2D eigenvalue weighted by atomic mass is 32.1. The largest absolute Gasteiger partial charge is 0.345 e. The zero-order chi connectivity index (χ0) is 13.1. The van der Waals surface area contributed by atoms with Crippen molar-refractivity contribution < 1.29 is 8.78 Å². The highest BCUT2D eigenvalue weighted by molar-refractivity contribution is 7.15. The van der Waals surface area contributed by atoms with Crippen LogP contribution < -0.4 is 10.2 Å². The SMILES string of the molecule is CCNC1CCCc2sc(N(C)CC(F)F)nc21. The van der Waals surface area contributed by atoms with Crippen molar-refractivity contribution in [3.05, 3.63) is 10.6 Å². The van der Waals surface area contributed by atoms with Crippen molar-refractivity contribution in [2.45, 2.75) is 38.7 Å². The minimum atomic E-state index is -2.32. The molecule has 1 aliphatic carbocycles. The van der Waals surface area contributed by atoms with Crippen LogP contribution in [-0.4, -0.2) is 31.5 Å². The summed E-state index contributed by atoms with van der Waals surface area (Å²) in [6.07, 6.45) is 0.936. The predicted octanol–water partition coefficient (Wildman–Crippen LogP) is 2.83. The normalized spacial score (nSPS) is 19.1. The molecular weight excluding hydrogens is 256 g/mol. The Balaban J connectivity index is 2.16. The number of hydrogen-bond donors (Lipinski definition) is 1. The van der Waals surface area contributed by atoms with Gasteiger partial charge in [-0.05, 0) is 25.8 Å². The van der Waals surface area contributed by atoms with Gasteiger partial charge in [-0.2, -0.15) is 0 Å². The van der Waals surface area contributed by atoms with E-state index in [1.165, 1.54) is 4.88 Å². The molecule has 1 N–H and O–H groups in total. The van der Waals surface area contributed by atoms with Crippen LogP contribution in [0.15, 0.2) is 0 Å². The first-order valence-corrected chi connectivity index (χ1v) is 7.15. The second kappa shape index (κ2) is 5.93. The summed E-state index contributed by atoms with van der Waals surface area (Å²) in [7, 11) is 1.68. The second-order valence-electron chi connectivity index (χ2n) is 4.58. The number of hydrogen-bond acceptors (Lipinski definition) is 4. The Labute approximate surface area is 110 Å². The van der Waals surface area contributed by atoms with E-state index < -0.39 is 6.43 Å². The van der Waals surface area contributed by atoms with Crippen LogP contribution in [0.4, 0.5) is 13.9 Å². The van der Waals surface area contributed by atoms with Crippen molar-refractivity contribution in [2.24, 2.45) is 0 Å². The molecule has 2 rings (SSSR count). The lowest BCUT2D eigenvalue weighted by molar-refractivity contribution is 0.156. The molecule has 1 heterocycles. The number of rotatable bonds is 5. The molecule has 0 radical (unpaired) electrons. The Morgan fingerprint density at radius 1 is 1.56 bits per heavy atom. The highest BCUT2D eigenvalue weighted by Crippen LogP contribution is 2.36. The summed E-state index contributed by atoms with van der Waals surface area (Å²) in [4.78, 5) is 7.36. The van der Waals surface area contributed by atoms with Crippen molar-refractivity contribution >= 4 is 16.5 Å². The standard InChI is InChI=1S/C12H19F2N3S/c1-3-15-8-5-4-6-9-11(8)16-12(18-9)17(2)7-10(13)14/h8,10,15H,3-7H2,1-2H3. The van der Waals surface area contributed by atoms with Crippen LogP contribution in [0.5, 0.6) is 0 Å². The van der Waals surface area contributed by atoms with E-state index in [2.05, 4.69) is 17.2 Å². The zero-order valence-corrected chi connectivity index (χ0v) is 11.6. The molecule has 18 heavy (non-hydrogen) atoms. The molecule has 1 atom stereocenters. The van der Waals surface area contributed by atoms with E-state index in [4.69, 9.17) is 0 Å². The number of anilines is 1. The monoisotopic (exact) mass is 275 g/mol. The van der Waals surface area contributed by atoms with Crippen molar-refractivity contribution in [1.29, 1.82) is 0 Å². The fourth-order valence-electron chi connectivity index (χ4n) is 2.30. The van der Waals surface area contributed by atoms with Gasteiger partial charge in [0.2, 0.25) is 0 Å². The van der Waals surface area contributed by atoms with Crippen LogP contribution in [0.1, 0.15) is 36.4 Å². The molecule has 0 amide bonds. The Kier molecular flexibility index (Phi) is 4.50. The van der Waals surface area contributed by atoms with E-state index in [1.807, 2.05) is 0 Å². The molecule has 102 valence electrons. The predicted molar refractivity (Wildman–Crippen MR) is 70.7 cm³/mol. The number of aryl methyl sites for hydroxylation is 1. The maximum Gasteiger partial charge on any atom is 0.255 e. The fraction of sp³-hybridized carbons (Fsp3) is 0.750. The summed E-state index contributed by atoms with van der Waals surface area (Å²) in [6, 6.07) is 0.295. The topological polar surface area (TPSA) is 28.2 Å². The summed E-state index contributed by atoms with van der Waals surface area (Å²) >= 11 is 1.56. The molecule has 0 saturated carbocycles. The smallest absolute Gasteiger partial charge is 0.255 e. The van der Waals surface area contributed by atoms with E-state index in [0.29, 0.717) is 11.2 Å². The lowest BCUT2D eigenvalue weighted by atomic mass is 9.98. The van der Waals surface area contributed by atoms with Gasteiger partial charge in [0.1, 0.15) is 0 Å². The number of fused-ring (bicyclic) bond motifs is 1. The number of alkyl halides is 2. The van der Waals surface area contributed by atoms with Crippen molar-refractivity contribution in [1.82, 2.24) is 10.3 Å².